The van der Waals surface area contributed by atoms with Gasteiger partial charge in [-0.1, -0.05) is 18.9 Å². The van der Waals surface area contributed by atoms with E-state index >= 15 is 0 Å². The van der Waals surface area contributed by atoms with Crippen molar-refractivity contribution in [2.75, 3.05) is 24.5 Å². The zero-order valence-corrected chi connectivity index (χ0v) is 11.1. The Hall–Kier alpha value is -1.91. The second-order valence-corrected chi connectivity index (χ2v) is 4.68. The Morgan fingerprint density at radius 1 is 1.26 bits per heavy atom. The molecule has 1 aliphatic heterocycles. The third kappa shape index (κ3) is 3.77. The molecule has 0 aliphatic carbocycles. The third-order valence-electron chi connectivity index (χ3n) is 3.22. The molecule has 0 bridgehead atoms. The van der Waals surface area contributed by atoms with Gasteiger partial charge in [0, 0.05) is 19.6 Å². The van der Waals surface area contributed by atoms with Gasteiger partial charge in [0.2, 0.25) is 0 Å². The molecule has 0 radical (unpaired) electrons. The molecule has 19 heavy (non-hydrogen) atoms. The Bertz CT molecular complexity index is 422. The molecule has 5 nitrogen and oxygen atoms in total. The van der Waals surface area contributed by atoms with Gasteiger partial charge in [0.15, 0.2) is 11.5 Å². The number of nitrogens with zero attached hydrogens (tertiary/aromatic N) is 3. The van der Waals surface area contributed by atoms with Crippen LogP contribution in [0.5, 0.6) is 0 Å². The van der Waals surface area contributed by atoms with Gasteiger partial charge in [-0.3, -0.25) is 4.79 Å². The molecule has 1 aliphatic rings. The van der Waals surface area contributed by atoms with Gasteiger partial charge in [0.25, 0.3) is 5.91 Å². The summed E-state index contributed by atoms with van der Waals surface area (Å²) in [5.74, 6) is 0.650. The van der Waals surface area contributed by atoms with Crippen molar-refractivity contribution < 1.29 is 4.79 Å². The summed E-state index contributed by atoms with van der Waals surface area (Å²) >= 11 is 0. The van der Waals surface area contributed by atoms with Crippen molar-refractivity contribution in [3.63, 3.8) is 0 Å². The second kappa shape index (κ2) is 6.87. The van der Waals surface area contributed by atoms with Crippen molar-refractivity contribution in [3.8, 4) is 0 Å². The number of carbonyl (C=O) groups is 1. The lowest BCUT2D eigenvalue weighted by Gasteiger charge is -2.20. The van der Waals surface area contributed by atoms with Gasteiger partial charge in [-0.2, -0.15) is 0 Å². The molecule has 1 aromatic heterocycles. The number of anilines is 1. The summed E-state index contributed by atoms with van der Waals surface area (Å²) in [6, 6.07) is 3.60. The SMILES string of the molecule is C=CCNC(=O)c1ccc(N2CCCCCC2)nn1. The smallest absolute Gasteiger partial charge is 0.272 e. The lowest BCUT2D eigenvalue weighted by molar-refractivity contribution is 0.0952. The fourth-order valence-electron chi connectivity index (χ4n) is 2.17. The first kappa shape index (κ1) is 13.5. The van der Waals surface area contributed by atoms with Crippen LogP contribution in [0.2, 0.25) is 0 Å². The predicted molar refractivity (Wildman–Crippen MR) is 75.2 cm³/mol. The summed E-state index contributed by atoms with van der Waals surface area (Å²) in [6.07, 6.45) is 6.60. The summed E-state index contributed by atoms with van der Waals surface area (Å²) in [7, 11) is 0. The Morgan fingerprint density at radius 3 is 2.58 bits per heavy atom. The maximum atomic E-state index is 11.7. The van der Waals surface area contributed by atoms with Crippen molar-refractivity contribution in [2.24, 2.45) is 0 Å². The minimum atomic E-state index is -0.213. The highest BCUT2D eigenvalue weighted by atomic mass is 16.1. The molecule has 0 atom stereocenters. The Balaban J connectivity index is 2.00. The number of carbonyl (C=O) groups excluding carboxylic acids is 1. The van der Waals surface area contributed by atoms with Crippen molar-refractivity contribution >= 4 is 11.7 Å². The normalized spacial score (nSPS) is 15.7. The number of aromatic nitrogens is 2. The van der Waals surface area contributed by atoms with E-state index in [-0.39, 0.29) is 5.91 Å². The van der Waals surface area contributed by atoms with E-state index in [9.17, 15) is 4.79 Å². The van der Waals surface area contributed by atoms with E-state index in [0.29, 0.717) is 12.2 Å². The summed E-state index contributed by atoms with van der Waals surface area (Å²) in [6.45, 7) is 6.04. The molecule has 2 rings (SSSR count). The van der Waals surface area contributed by atoms with E-state index < -0.39 is 0 Å². The lowest BCUT2D eigenvalue weighted by atomic mass is 10.2. The van der Waals surface area contributed by atoms with Gasteiger partial charge in [0.1, 0.15) is 0 Å². The highest BCUT2D eigenvalue weighted by Crippen LogP contribution is 2.16. The monoisotopic (exact) mass is 260 g/mol. The summed E-state index contributed by atoms with van der Waals surface area (Å²) in [5, 5.41) is 10.8. The minimum Gasteiger partial charge on any atom is -0.355 e. The van der Waals surface area contributed by atoms with Crippen LogP contribution in [-0.2, 0) is 0 Å². The molecule has 0 aromatic carbocycles. The summed E-state index contributed by atoms with van der Waals surface area (Å²) in [5.41, 5.74) is 0.348. The molecule has 1 saturated heterocycles. The quantitative estimate of drug-likeness (QED) is 0.838. The molecular weight excluding hydrogens is 240 g/mol. The lowest BCUT2D eigenvalue weighted by Crippen LogP contribution is -2.27. The molecule has 1 aromatic rings. The van der Waals surface area contributed by atoms with E-state index in [0.717, 1.165) is 18.9 Å². The highest BCUT2D eigenvalue weighted by Gasteiger charge is 2.13. The number of amides is 1. The van der Waals surface area contributed by atoms with Crippen LogP contribution in [0.15, 0.2) is 24.8 Å². The van der Waals surface area contributed by atoms with E-state index in [1.54, 1.807) is 12.1 Å². The zero-order valence-electron chi connectivity index (χ0n) is 11.1. The van der Waals surface area contributed by atoms with Gasteiger partial charge in [-0.05, 0) is 25.0 Å². The number of hydrogen-bond acceptors (Lipinski definition) is 4. The zero-order chi connectivity index (χ0) is 13.5. The predicted octanol–water partition coefficient (Wildman–Crippen LogP) is 1.77. The number of nitrogens with one attached hydrogen (secondary N) is 1. The first-order valence-corrected chi connectivity index (χ1v) is 6.79. The van der Waals surface area contributed by atoms with Crippen molar-refractivity contribution in [1.29, 1.82) is 0 Å². The maximum Gasteiger partial charge on any atom is 0.272 e. The molecule has 0 unspecified atom stereocenters. The van der Waals surface area contributed by atoms with Crippen LogP contribution in [-0.4, -0.2) is 35.7 Å². The molecular formula is C14H20N4O. The summed E-state index contributed by atoms with van der Waals surface area (Å²) in [4.78, 5) is 13.9. The van der Waals surface area contributed by atoms with E-state index in [1.165, 1.54) is 25.7 Å². The van der Waals surface area contributed by atoms with E-state index in [1.807, 2.05) is 6.07 Å². The summed E-state index contributed by atoms with van der Waals surface area (Å²) < 4.78 is 0. The van der Waals surface area contributed by atoms with E-state index in [2.05, 4.69) is 27.0 Å². The standard InChI is InChI=1S/C14H20N4O/c1-2-9-15-14(19)12-7-8-13(17-16-12)18-10-5-3-4-6-11-18/h2,7-8H,1,3-6,9-11H2,(H,15,19). The molecule has 1 fully saturated rings. The van der Waals surface area contributed by atoms with Gasteiger partial charge >= 0.3 is 0 Å². The fourth-order valence-corrected chi connectivity index (χ4v) is 2.17. The van der Waals surface area contributed by atoms with Gasteiger partial charge < -0.3 is 10.2 Å². The molecule has 2 heterocycles. The topological polar surface area (TPSA) is 58.1 Å². The van der Waals surface area contributed by atoms with Crippen molar-refractivity contribution in [3.05, 3.63) is 30.5 Å². The number of hydrogen-bond donors (Lipinski definition) is 1. The van der Waals surface area contributed by atoms with Crippen LogP contribution in [0.3, 0.4) is 0 Å². The van der Waals surface area contributed by atoms with Crippen molar-refractivity contribution in [2.45, 2.75) is 25.7 Å². The maximum absolute atomic E-state index is 11.7. The minimum absolute atomic E-state index is 0.213. The molecule has 102 valence electrons. The van der Waals surface area contributed by atoms with E-state index in [4.69, 9.17) is 0 Å². The average molecular weight is 260 g/mol. The molecule has 5 heteroatoms. The molecule has 0 saturated carbocycles. The Morgan fingerprint density at radius 2 is 2.00 bits per heavy atom. The van der Waals surface area contributed by atoms with Crippen LogP contribution in [0.4, 0.5) is 5.82 Å². The van der Waals surface area contributed by atoms with Gasteiger partial charge in [-0.25, -0.2) is 0 Å². The number of rotatable bonds is 4. The van der Waals surface area contributed by atoms with Crippen LogP contribution >= 0.6 is 0 Å². The Labute approximate surface area is 113 Å². The molecule has 1 amide bonds. The second-order valence-electron chi connectivity index (χ2n) is 4.68. The Kier molecular flexibility index (Phi) is 4.89. The van der Waals surface area contributed by atoms with Gasteiger partial charge in [-0.15, -0.1) is 16.8 Å². The van der Waals surface area contributed by atoms with Crippen LogP contribution in [0, 0.1) is 0 Å². The van der Waals surface area contributed by atoms with Crippen LogP contribution in [0.1, 0.15) is 36.2 Å². The van der Waals surface area contributed by atoms with Crippen molar-refractivity contribution in [1.82, 2.24) is 15.5 Å². The van der Waals surface area contributed by atoms with Gasteiger partial charge in [0.05, 0.1) is 0 Å². The third-order valence-corrected chi connectivity index (χ3v) is 3.22. The molecule has 1 N–H and O–H groups in total. The van der Waals surface area contributed by atoms with Crippen LogP contribution < -0.4 is 10.2 Å². The largest absolute Gasteiger partial charge is 0.355 e. The average Bonchev–Trinajstić information content (AvgIpc) is 2.74. The van der Waals surface area contributed by atoms with Crippen LogP contribution in [0.25, 0.3) is 0 Å². The molecule has 0 spiro atoms. The highest BCUT2D eigenvalue weighted by molar-refractivity contribution is 5.92. The fraction of sp³-hybridized carbons (Fsp3) is 0.500. The first-order valence-electron chi connectivity index (χ1n) is 6.79. The first-order chi connectivity index (χ1) is 9.31.